The first-order valence-electron chi connectivity index (χ1n) is 9.02. The topological polar surface area (TPSA) is 73.2 Å². The van der Waals surface area contributed by atoms with Gasteiger partial charge in [-0.15, -0.1) is 5.10 Å². The van der Waals surface area contributed by atoms with E-state index in [1.165, 1.54) is 16.8 Å². The number of benzene rings is 2. The van der Waals surface area contributed by atoms with Crippen LogP contribution in [-0.2, 0) is 4.79 Å². The first-order valence-corrected chi connectivity index (χ1v) is 9.02. The van der Waals surface area contributed by atoms with Crippen LogP contribution in [-0.4, -0.2) is 22.3 Å². The lowest BCUT2D eigenvalue weighted by atomic mass is 10.1. The number of carbonyl (C=O) groups excluding carboxylic acids is 1. The van der Waals surface area contributed by atoms with Crippen molar-refractivity contribution in [1.82, 2.24) is 9.78 Å². The summed E-state index contributed by atoms with van der Waals surface area (Å²) >= 11 is 0. The van der Waals surface area contributed by atoms with E-state index in [1.54, 1.807) is 0 Å². The number of rotatable bonds is 5. The standard InChI is InChI=1S/C22H23N3O3/c1-14-8-9-18(12-17(14)4)25-21(27)11-10-20(24-25)28-13-19(26)23-22-15(2)6-5-7-16(22)3/h5-12H,13H2,1-4H3,(H,23,26). The van der Waals surface area contributed by atoms with Crippen molar-refractivity contribution in [2.24, 2.45) is 0 Å². The molecular formula is C22H23N3O3. The molecule has 2 aromatic carbocycles. The fourth-order valence-electron chi connectivity index (χ4n) is 2.84. The van der Waals surface area contributed by atoms with E-state index in [2.05, 4.69) is 10.4 Å². The SMILES string of the molecule is Cc1ccc(-n2nc(OCC(=O)Nc3c(C)cccc3C)ccc2=O)cc1C. The van der Waals surface area contributed by atoms with Gasteiger partial charge in [-0.3, -0.25) is 9.59 Å². The van der Waals surface area contributed by atoms with Crippen LogP contribution in [0.2, 0.25) is 0 Å². The highest BCUT2D eigenvalue weighted by atomic mass is 16.5. The lowest BCUT2D eigenvalue weighted by Gasteiger charge is -2.12. The molecule has 144 valence electrons. The molecule has 0 fully saturated rings. The number of para-hydroxylation sites is 1. The lowest BCUT2D eigenvalue weighted by Crippen LogP contribution is -2.24. The zero-order valence-electron chi connectivity index (χ0n) is 16.4. The molecule has 0 saturated heterocycles. The van der Waals surface area contributed by atoms with Crippen molar-refractivity contribution in [3.63, 3.8) is 0 Å². The molecule has 0 aliphatic rings. The number of aromatic nitrogens is 2. The van der Waals surface area contributed by atoms with E-state index in [9.17, 15) is 9.59 Å². The molecule has 0 aliphatic heterocycles. The zero-order chi connectivity index (χ0) is 20.3. The van der Waals surface area contributed by atoms with Crippen molar-refractivity contribution >= 4 is 11.6 Å². The quantitative estimate of drug-likeness (QED) is 0.739. The summed E-state index contributed by atoms with van der Waals surface area (Å²) in [5, 5.41) is 7.09. The van der Waals surface area contributed by atoms with Crippen LogP contribution in [0, 0.1) is 27.7 Å². The maximum absolute atomic E-state index is 12.3. The van der Waals surface area contributed by atoms with E-state index in [-0.39, 0.29) is 24.0 Å². The van der Waals surface area contributed by atoms with Crippen molar-refractivity contribution in [3.8, 4) is 11.6 Å². The minimum atomic E-state index is -0.289. The molecule has 1 N–H and O–H groups in total. The van der Waals surface area contributed by atoms with E-state index >= 15 is 0 Å². The summed E-state index contributed by atoms with van der Waals surface area (Å²) in [6, 6.07) is 14.3. The van der Waals surface area contributed by atoms with Crippen LogP contribution in [0.25, 0.3) is 5.69 Å². The van der Waals surface area contributed by atoms with Crippen LogP contribution in [0.4, 0.5) is 5.69 Å². The summed E-state index contributed by atoms with van der Waals surface area (Å²) in [4.78, 5) is 24.4. The molecule has 6 heteroatoms. The van der Waals surface area contributed by atoms with Gasteiger partial charge in [0.2, 0.25) is 5.88 Å². The van der Waals surface area contributed by atoms with E-state index in [0.717, 1.165) is 27.9 Å². The van der Waals surface area contributed by atoms with Gasteiger partial charge in [0.15, 0.2) is 6.61 Å². The second kappa shape index (κ2) is 8.08. The van der Waals surface area contributed by atoms with Gasteiger partial charge in [0.1, 0.15) is 0 Å². The summed E-state index contributed by atoms with van der Waals surface area (Å²) in [6.45, 7) is 7.65. The fraction of sp³-hybridized carbons (Fsp3) is 0.227. The number of carbonyl (C=O) groups is 1. The molecule has 0 aliphatic carbocycles. The molecule has 1 aromatic heterocycles. The second-order valence-corrected chi connectivity index (χ2v) is 6.79. The third-order valence-corrected chi connectivity index (χ3v) is 4.61. The first kappa shape index (κ1) is 19.4. The molecule has 0 radical (unpaired) electrons. The van der Waals surface area contributed by atoms with Gasteiger partial charge in [-0.2, -0.15) is 4.68 Å². The third-order valence-electron chi connectivity index (χ3n) is 4.61. The smallest absolute Gasteiger partial charge is 0.271 e. The predicted molar refractivity (Wildman–Crippen MR) is 109 cm³/mol. The van der Waals surface area contributed by atoms with Gasteiger partial charge in [0, 0.05) is 17.8 Å². The highest BCUT2D eigenvalue weighted by Gasteiger charge is 2.10. The number of ether oxygens (including phenoxy) is 1. The van der Waals surface area contributed by atoms with E-state index in [1.807, 2.05) is 64.1 Å². The Hall–Kier alpha value is -3.41. The van der Waals surface area contributed by atoms with Gasteiger partial charge in [0.05, 0.1) is 5.69 Å². The Morgan fingerprint density at radius 3 is 2.36 bits per heavy atom. The fourth-order valence-corrected chi connectivity index (χ4v) is 2.84. The number of nitrogens with one attached hydrogen (secondary N) is 1. The molecule has 1 heterocycles. The lowest BCUT2D eigenvalue weighted by molar-refractivity contribution is -0.118. The van der Waals surface area contributed by atoms with Crippen molar-refractivity contribution < 1.29 is 9.53 Å². The molecule has 0 bridgehead atoms. The van der Waals surface area contributed by atoms with Gasteiger partial charge in [-0.1, -0.05) is 24.3 Å². The Labute approximate surface area is 163 Å². The number of hydrogen-bond acceptors (Lipinski definition) is 4. The van der Waals surface area contributed by atoms with Gasteiger partial charge < -0.3 is 10.1 Å². The van der Waals surface area contributed by atoms with Crippen LogP contribution in [0.1, 0.15) is 22.3 Å². The summed E-state index contributed by atoms with van der Waals surface area (Å²) in [7, 11) is 0. The van der Waals surface area contributed by atoms with Gasteiger partial charge in [0.25, 0.3) is 11.5 Å². The predicted octanol–water partition coefficient (Wildman–Crippen LogP) is 3.48. The first-order chi connectivity index (χ1) is 13.3. The van der Waals surface area contributed by atoms with Crippen LogP contribution in [0.3, 0.4) is 0 Å². The Balaban J connectivity index is 1.74. The maximum Gasteiger partial charge on any atom is 0.271 e. The number of anilines is 1. The monoisotopic (exact) mass is 377 g/mol. The normalized spacial score (nSPS) is 10.6. The summed E-state index contributed by atoms with van der Waals surface area (Å²) in [5.41, 5.74) is 5.32. The van der Waals surface area contributed by atoms with Crippen LogP contribution < -0.4 is 15.6 Å². The number of aryl methyl sites for hydroxylation is 4. The zero-order valence-corrected chi connectivity index (χ0v) is 16.4. The Morgan fingerprint density at radius 1 is 0.964 bits per heavy atom. The van der Waals surface area contributed by atoms with E-state index < -0.39 is 0 Å². The molecule has 0 atom stereocenters. The molecule has 0 spiro atoms. The molecule has 0 unspecified atom stereocenters. The molecule has 0 saturated carbocycles. The van der Waals surface area contributed by atoms with Crippen LogP contribution in [0.15, 0.2) is 53.3 Å². The molecule has 6 nitrogen and oxygen atoms in total. The molecule has 3 rings (SSSR count). The molecule has 1 amide bonds. The van der Waals surface area contributed by atoms with Gasteiger partial charge in [-0.25, -0.2) is 0 Å². The summed E-state index contributed by atoms with van der Waals surface area (Å²) < 4.78 is 6.78. The second-order valence-electron chi connectivity index (χ2n) is 6.79. The average Bonchev–Trinajstić information content (AvgIpc) is 2.66. The largest absolute Gasteiger partial charge is 0.467 e. The molecule has 28 heavy (non-hydrogen) atoms. The van der Waals surface area contributed by atoms with Crippen LogP contribution in [0.5, 0.6) is 5.88 Å². The minimum Gasteiger partial charge on any atom is -0.467 e. The summed E-state index contributed by atoms with van der Waals surface area (Å²) in [5.74, 6) is -0.0855. The maximum atomic E-state index is 12.3. The van der Waals surface area contributed by atoms with E-state index in [0.29, 0.717) is 5.69 Å². The average molecular weight is 377 g/mol. The number of hydrogen-bond donors (Lipinski definition) is 1. The van der Waals surface area contributed by atoms with E-state index in [4.69, 9.17) is 4.74 Å². The van der Waals surface area contributed by atoms with Gasteiger partial charge in [-0.05, 0) is 62.1 Å². The van der Waals surface area contributed by atoms with Gasteiger partial charge >= 0.3 is 0 Å². The van der Waals surface area contributed by atoms with Crippen molar-refractivity contribution in [3.05, 3.63) is 81.1 Å². The Morgan fingerprint density at radius 2 is 1.68 bits per heavy atom. The van der Waals surface area contributed by atoms with Crippen molar-refractivity contribution in [2.75, 3.05) is 11.9 Å². The molecule has 3 aromatic rings. The number of nitrogens with zero attached hydrogens (tertiary/aromatic N) is 2. The summed E-state index contributed by atoms with van der Waals surface area (Å²) in [6.07, 6.45) is 0. The van der Waals surface area contributed by atoms with Crippen molar-refractivity contribution in [2.45, 2.75) is 27.7 Å². The Kier molecular flexibility index (Phi) is 5.59. The minimum absolute atomic E-state index is 0.202. The molecular weight excluding hydrogens is 354 g/mol. The Bertz CT molecular complexity index is 1070. The highest BCUT2D eigenvalue weighted by Crippen LogP contribution is 2.19. The highest BCUT2D eigenvalue weighted by molar-refractivity contribution is 5.93. The van der Waals surface area contributed by atoms with Crippen molar-refractivity contribution in [1.29, 1.82) is 0 Å². The number of amides is 1. The third kappa shape index (κ3) is 4.28. The van der Waals surface area contributed by atoms with Crippen LogP contribution >= 0.6 is 0 Å².